The Bertz CT molecular complexity index is 614. The first-order valence-corrected chi connectivity index (χ1v) is 7.63. The van der Waals surface area contributed by atoms with Crippen LogP contribution in [0.5, 0.6) is 0 Å². The van der Waals surface area contributed by atoms with Gasteiger partial charge in [-0.1, -0.05) is 0 Å². The normalized spacial score (nSPS) is 30.3. The number of hydrogen-bond donors (Lipinski definition) is 2. The SMILES string of the molecule is Nc1ncnc2c1ccn2C1CCC(C2CCCN2)C1. The summed E-state index contributed by atoms with van der Waals surface area (Å²) in [5.74, 6) is 1.40. The highest BCUT2D eigenvalue weighted by Crippen LogP contribution is 2.39. The van der Waals surface area contributed by atoms with Crippen molar-refractivity contribution < 1.29 is 0 Å². The van der Waals surface area contributed by atoms with Crippen molar-refractivity contribution in [3.8, 4) is 0 Å². The number of rotatable bonds is 2. The van der Waals surface area contributed by atoms with Crippen LogP contribution in [0.15, 0.2) is 18.6 Å². The van der Waals surface area contributed by atoms with Crippen molar-refractivity contribution in [1.82, 2.24) is 19.9 Å². The first-order valence-electron chi connectivity index (χ1n) is 7.63. The zero-order chi connectivity index (χ0) is 13.5. The Morgan fingerprint density at radius 3 is 3.05 bits per heavy atom. The van der Waals surface area contributed by atoms with E-state index in [1.54, 1.807) is 6.33 Å². The molecule has 3 N–H and O–H groups in total. The van der Waals surface area contributed by atoms with E-state index in [0.29, 0.717) is 11.9 Å². The summed E-state index contributed by atoms with van der Waals surface area (Å²) in [5.41, 5.74) is 6.91. The molecule has 5 nitrogen and oxygen atoms in total. The van der Waals surface area contributed by atoms with Crippen molar-refractivity contribution in [2.75, 3.05) is 12.3 Å². The van der Waals surface area contributed by atoms with E-state index in [1.165, 1.54) is 38.6 Å². The van der Waals surface area contributed by atoms with Crippen LogP contribution in [-0.2, 0) is 0 Å². The van der Waals surface area contributed by atoms with Crippen LogP contribution in [0.3, 0.4) is 0 Å². The monoisotopic (exact) mass is 271 g/mol. The molecule has 0 bridgehead atoms. The molecule has 106 valence electrons. The lowest BCUT2D eigenvalue weighted by Crippen LogP contribution is -2.29. The van der Waals surface area contributed by atoms with Crippen LogP contribution in [0.4, 0.5) is 5.82 Å². The van der Waals surface area contributed by atoms with Crippen molar-refractivity contribution in [1.29, 1.82) is 0 Å². The van der Waals surface area contributed by atoms with Gasteiger partial charge in [0.15, 0.2) is 0 Å². The van der Waals surface area contributed by atoms with Gasteiger partial charge in [0.25, 0.3) is 0 Å². The minimum atomic E-state index is 0.564. The van der Waals surface area contributed by atoms with Crippen molar-refractivity contribution in [3.63, 3.8) is 0 Å². The minimum Gasteiger partial charge on any atom is -0.383 e. The van der Waals surface area contributed by atoms with Gasteiger partial charge in [0.2, 0.25) is 0 Å². The molecule has 2 fully saturated rings. The third kappa shape index (κ3) is 1.88. The predicted molar refractivity (Wildman–Crippen MR) is 79.3 cm³/mol. The van der Waals surface area contributed by atoms with Gasteiger partial charge in [0, 0.05) is 18.3 Å². The second-order valence-electron chi connectivity index (χ2n) is 6.15. The maximum absolute atomic E-state index is 5.92. The molecule has 3 heterocycles. The summed E-state index contributed by atoms with van der Waals surface area (Å²) in [6.45, 7) is 1.20. The molecule has 2 aliphatic rings. The van der Waals surface area contributed by atoms with Crippen LogP contribution >= 0.6 is 0 Å². The van der Waals surface area contributed by atoms with E-state index >= 15 is 0 Å². The van der Waals surface area contributed by atoms with Gasteiger partial charge in [-0.15, -0.1) is 0 Å². The average molecular weight is 271 g/mol. The molecule has 2 aromatic heterocycles. The van der Waals surface area contributed by atoms with E-state index in [0.717, 1.165) is 23.0 Å². The fourth-order valence-electron chi connectivity index (χ4n) is 4.01. The Labute approximate surface area is 118 Å². The summed E-state index contributed by atoms with van der Waals surface area (Å²) in [7, 11) is 0. The summed E-state index contributed by atoms with van der Waals surface area (Å²) >= 11 is 0. The molecule has 0 amide bonds. The summed E-state index contributed by atoms with van der Waals surface area (Å²) in [4.78, 5) is 8.49. The van der Waals surface area contributed by atoms with Gasteiger partial charge in [0.1, 0.15) is 17.8 Å². The molecule has 20 heavy (non-hydrogen) atoms. The molecule has 3 atom stereocenters. The van der Waals surface area contributed by atoms with E-state index in [2.05, 4.69) is 26.0 Å². The van der Waals surface area contributed by atoms with Crippen LogP contribution in [0.1, 0.15) is 38.1 Å². The van der Waals surface area contributed by atoms with Gasteiger partial charge in [-0.3, -0.25) is 0 Å². The molecule has 1 aliphatic heterocycles. The van der Waals surface area contributed by atoms with Crippen LogP contribution in [-0.4, -0.2) is 27.1 Å². The highest BCUT2D eigenvalue weighted by molar-refractivity contribution is 5.86. The second-order valence-corrected chi connectivity index (χ2v) is 6.15. The molecule has 2 aromatic rings. The maximum atomic E-state index is 5.92. The van der Waals surface area contributed by atoms with Gasteiger partial charge in [0.05, 0.1) is 5.39 Å². The Morgan fingerprint density at radius 2 is 2.20 bits per heavy atom. The van der Waals surface area contributed by atoms with Crippen LogP contribution in [0, 0.1) is 5.92 Å². The van der Waals surface area contributed by atoms with E-state index in [1.807, 2.05) is 6.07 Å². The fourth-order valence-corrected chi connectivity index (χ4v) is 4.01. The van der Waals surface area contributed by atoms with Gasteiger partial charge in [-0.25, -0.2) is 9.97 Å². The molecule has 0 radical (unpaired) electrons. The average Bonchev–Trinajstić information content (AvgIpc) is 3.18. The number of anilines is 1. The Hall–Kier alpha value is -1.62. The number of fused-ring (bicyclic) bond motifs is 1. The van der Waals surface area contributed by atoms with E-state index in [9.17, 15) is 0 Å². The molecule has 4 rings (SSSR count). The van der Waals surface area contributed by atoms with E-state index in [4.69, 9.17) is 5.73 Å². The lowest BCUT2D eigenvalue weighted by Gasteiger charge is -2.19. The highest BCUT2D eigenvalue weighted by atomic mass is 15.1. The number of nitrogens with zero attached hydrogens (tertiary/aromatic N) is 3. The van der Waals surface area contributed by atoms with E-state index in [-0.39, 0.29) is 0 Å². The van der Waals surface area contributed by atoms with Crippen LogP contribution < -0.4 is 11.1 Å². The van der Waals surface area contributed by atoms with Crippen LogP contribution in [0.25, 0.3) is 11.0 Å². The minimum absolute atomic E-state index is 0.564. The van der Waals surface area contributed by atoms with Gasteiger partial charge in [-0.05, 0) is 50.6 Å². The van der Waals surface area contributed by atoms with Crippen molar-refractivity contribution >= 4 is 16.9 Å². The lowest BCUT2D eigenvalue weighted by atomic mass is 9.97. The third-order valence-corrected chi connectivity index (χ3v) is 5.05. The topological polar surface area (TPSA) is 68.8 Å². The Kier molecular flexibility index (Phi) is 2.88. The predicted octanol–water partition coefficient (Wildman–Crippen LogP) is 2.11. The zero-order valence-electron chi connectivity index (χ0n) is 11.6. The van der Waals surface area contributed by atoms with Gasteiger partial charge < -0.3 is 15.6 Å². The van der Waals surface area contributed by atoms with E-state index < -0.39 is 0 Å². The van der Waals surface area contributed by atoms with Crippen molar-refractivity contribution in [2.24, 2.45) is 5.92 Å². The molecular formula is C15H21N5. The molecule has 0 aromatic carbocycles. The molecule has 1 saturated heterocycles. The molecule has 3 unspecified atom stereocenters. The fraction of sp³-hybridized carbons (Fsp3) is 0.600. The molecule has 1 aliphatic carbocycles. The maximum Gasteiger partial charge on any atom is 0.145 e. The molecule has 5 heteroatoms. The highest BCUT2D eigenvalue weighted by Gasteiger charge is 2.33. The summed E-state index contributed by atoms with van der Waals surface area (Å²) in [6.07, 6.45) is 10.2. The second kappa shape index (κ2) is 4.74. The van der Waals surface area contributed by atoms with Gasteiger partial charge in [-0.2, -0.15) is 0 Å². The Balaban J connectivity index is 1.59. The molecular weight excluding hydrogens is 250 g/mol. The molecule has 1 saturated carbocycles. The molecule has 0 spiro atoms. The zero-order valence-corrected chi connectivity index (χ0v) is 11.6. The quantitative estimate of drug-likeness (QED) is 0.877. The number of nitrogens with two attached hydrogens (primary N) is 1. The summed E-state index contributed by atoms with van der Waals surface area (Å²) in [5, 5.41) is 4.64. The summed E-state index contributed by atoms with van der Waals surface area (Å²) in [6, 6.07) is 3.35. The number of aromatic nitrogens is 3. The smallest absolute Gasteiger partial charge is 0.145 e. The van der Waals surface area contributed by atoms with Gasteiger partial charge >= 0.3 is 0 Å². The number of hydrogen-bond acceptors (Lipinski definition) is 4. The van der Waals surface area contributed by atoms with Crippen molar-refractivity contribution in [3.05, 3.63) is 18.6 Å². The first kappa shape index (κ1) is 12.1. The first-order chi connectivity index (χ1) is 9.83. The largest absolute Gasteiger partial charge is 0.383 e. The number of nitrogen functional groups attached to an aromatic ring is 1. The van der Waals surface area contributed by atoms with Crippen molar-refractivity contribution in [2.45, 2.75) is 44.2 Å². The van der Waals surface area contributed by atoms with Crippen LogP contribution in [0.2, 0.25) is 0 Å². The summed E-state index contributed by atoms with van der Waals surface area (Å²) < 4.78 is 2.31. The standard InChI is InChI=1S/C15H21N5/c16-14-12-5-7-20(15(12)19-9-18-14)11-4-3-10(8-11)13-2-1-6-17-13/h5,7,9-11,13,17H,1-4,6,8H2,(H2,16,18,19). The lowest BCUT2D eigenvalue weighted by molar-refractivity contribution is 0.382. The Morgan fingerprint density at radius 1 is 1.25 bits per heavy atom. The third-order valence-electron chi connectivity index (χ3n) is 5.05. The number of nitrogens with one attached hydrogen (secondary N) is 1.